The molecule has 2 amide bonds. The second-order valence-corrected chi connectivity index (χ2v) is 10.7. The summed E-state index contributed by atoms with van der Waals surface area (Å²) in [4.78, 5) is 16.5. The van der Waals surface area contributed by atoms with Gasteiger partial charge in [0.05, 0.1) is 25.0 Å². The largest absolute Gasteiger partial charge is 0.376 e. The maximum Gasteiger partial charge on any atom is 0.320 e. The Kier molecular flexibility index (Phi) is 6.65. The molecule has 1 aliphatic carbocycles. The van der Waals surface area contributed by atoms with Gasteiger partial charge in [0, 0.05) is 25.7 Å². The third kappa shape index (κ3) is 5.15. The van der Waals surface area contributed by atoms with Crippen LogP contribution in [-0.2, 0) is 14.8 Å². The summed E-state index contributed by atoms with van der Waals surface area (Å²) in [6.07, 6.45) is 7.20. The van der Waals surface area contributed by atoms with Crippen LogP contribution < -0.4 is 4.72 Å². The second kappa shape index (κ2) is 9.24. The van der Waals surface area contributed by atoms with Crippen molar-refractivity contribution < 1.29 is 17.9 Å². The lowest BCUT2D eigenvalue weighted by atomic mass is 9.83. The molecular weight excluding hydrogens is 402 g/mol. The van der Waals surface area contributed by atoms with Crippen LogP contribution in [0.25, 0.3) is 0 Å². The molecule has 1 aromatic rings. The van der Waals surface area contributed by atoms with Crippen molar-refractivity contribution in [1.29, 1.82) is 0 Å². The summed E-state index contributed by atoms with van der Waals surface area (Å²) in [5.74, 6) is 0.585. The number of rotatable bonds is 6. The van der Waals surface area contributed by atoms with Crippen LogP contribution >= 0.6 is 0 Å². The highest BCUT2D eigenvalue weighted by molar-refractivity contribution is 7.88. The monoisotopic (exact) mass is 435 g/mol. The summed E-state index contributed by atoms with van der Waals surface area (Å²) in [5.41, 5.74) is 1.40. The van der Waals surface area contributed by atoms with Gasteiger partial charge in [-0.3, -0.25) is 0 Å². The fourth-order valence-electron chi connectivity index (χ4n) is 4.92. The van der Waals surface area contributed by atoms with E-state index in [1.807, 2.05) is 15.9 Å². The summed E-state index contributed by atoms with van der Waals surface area (Å²) in [7, 11) is -3.34. The topological polar surface area (TPSA) is 79.0 Å². The van der Waals surface area contributed by atoms with Gasteiger partial charge in [-0.2, -0.15) is 0 Å². The normalized spacial score (nSPS) is 29.6. The standard InChI is InChI=1S/C22H33N3O4S/c1-30(27,28)23-20-12-15-25(22(26)24-13-5-14-24)21(20)16-29-19-10-8-18(9-11-19)17-6-3-2-4-7-17/h2-4,6-7,18-21,23H,5,8-16H2,1H3/t18-,19+,20-,21-/m1/s1. The number of urea groups is 1. The van der Waals surface area contributed by atoms with Gasteiger partial charge in [-0.1, -0.05) is 30.3 Å². The molecule has 0 bridgehead atoms. The molecule has 2 saturated heterocycles. The van der Waals surface area contributed by atoms with Gasteiger partial charge in [-0.15, -0.1) is 0 Å². The number of hydrogen-bond acceptors (Lipinski definition) is 4. The van der Waals surface area contributed by atoms with Gasteiger partial charge in [0.2, 0.25) is 10.0 Å². The first-order valence-electron chi connectivity index (χ1n) is 11.1. The molecule has 0 unspecified atom stereocenters. The van der Waals surface area contributed by atoms with E-state index >= 15 is 0 Å². The minimum absolute atomic E-state index is 0.0143. The summed E-state index contributed by atoms with van der Waals surface area (Å²) in [6, 6.07) is 10.1. The number of sulfonamides is 1. The lowest BCUT2D eigenvalue weighted by molar-refractivity contribution is -0.00404. The smallest absolute Gasteiger partial charge is 0.320 e. The van der Waals surface area contributed by atoms with Crippen molar-refractivity contribution in [3.05, 3.63) is 35.9 Å². The number of nitrogens with one attached hydrogen (secondary N) is 1. The highest BCUT2D eigenvalue weighted by Crippen LogP contribution is 2.34. The highest BCUT2D eigenvalue weighted by atomic mass is 32.2. The molecule has 2 heterocycles. The molecule has 30 heavy (non-hydrogen) atoms. The molecule has 8 heteroatoms. The summed E-state index contributed by atoms with van der Waals surface area (Å²) < 4.78 is 32.6. The number of hydrogen-bond donors (Lipinski definition) is 1. The molecule has 1 aromatic carbocycles. The minimum atomic E-state index is -3.34. The summed E-state index contributed by atoms with van der Waals surface area (Å²) in [6.45, 7) is 2.53. The first-order chi connectivity index (χ1) is 14.4. The van der Waals surface area contributed by atoms with Crippen molar-refractivity contribution in [1.82, 2.24) is 14.5 Å². The Labute approximate surface area is 179 Å². The fraction of sp³-hybridized carbons (Fsp3) is 0.682. The van der Waals surface area contributed by atoms with Gasteiger partial charge >= 0.3 is 6.03 Å². The van der Waals surface area contributed by atoms with Crippen LogP contribution in [0.15, 0.2) is 30.3 Å². The highest BCUT2D eigenvalue weighted by Gasteiger charge is 2.41. The number of carbonyl (C=O) groups excluding carboxylic acids is 1. The van der Waals surface area contributed by atoms with E-state index in [1.54, 1.807) is 0 Å². The van der Waals surface area contributed by atoms with E-state index in [-0.39, 0.29) is 24.2 Å². The van der Waals surface area contributed by atoms with Crippen molar-refractivity contribution in [2.45, 2.75) is 62.6 Å². The molecule has 1 saturated carbocycles. The zero-order valence-electron chi connectivity index (χ0n) is 17.7. The summed E-state index contributed by atoms with van der Waals surface area (Å²) >= 11 is 0. The molecule has 3 aliphatic rings. The predicted octanol–water partition coefficient (Wildman–Crippen LogP) is 2.55. The third-order valence-corrected chi connectivity index (χ3v) is 7.46. The van der Waals surface area contributed by atoms with Crippen LogP contribution in [0.5, 0.6) is 0 Å². The lowest BCUT2D eigenvalue weighted by Crippen LogP contribution is -2.55. The molecule has 0 radical (unpaired) electrons. The van der Waals surface area contributed by atoms with Crippen molar-refractivity contribution in [2.24, 2.45) is 0 Å². The Bertz CT molecular complexity index is 820. The Morgan fingerprint density at radius 2 is 1.77 bits per heavy atom. The SMILES string of the molecule is CS(=O)(=O)N[C@@H]1CCN(C(=O)N2CCC2)[C@@H]1CO[C@H]1CC[C@@H](c2ccccc2)CC1. The summed E-state index contributed by atoms with van der Waals surface area (Å²) in [5, 5.41) is 0. The predicted molar refractivity (Wildman–Crippen MR) is 116 cm³/mol. The molecule has 0 aromatic heterocycles. The zero-order valence-corrected chi connectivity index (χ0v) is 18.5. The Morgan fingerprint density at radius 1 is 1.07 bits per heavy atom. The van der Waals surface area contributed by atoms with Crippen LogP contribution in [0, 0.1) is 0 Å². The maximum atomic E-state index is 12.8. The van der Waals surface area contributed by atoms with Crippen LogP contribution in [0.1, 0.15) is 50.0 Å². The Balaban J connectivity index is 1.34. The number of benzene rings is 1. The van der Waals surface area contributed by atoms with Crippen molar-refractivity contribution >= 4 is 16.1 Å². The minimum Gasteiger partial charge on any atom is -0.376 e. The zero-order chi connectivity index (χ0) is 21.1. The molecule has 3 fully saturated rings. The van der Waals surface area contributed by atoms with Crippen molar-refractivity contribution in [2.75, 3.05) is 32.5 Å². The quantitative estimate of drug-likeness (QED) is 0.745. The number of carbonyl (C=O) groups is 1. The molecule has 7 nitrogen and oxygen atoms in total. The van der Waals surface area contributed by atoms with Gasteiger partial charge in [0.15, 0.2) is 0 Å². The van der Waals surface area contributed by atoms with Crippen LogP contribution in [0.3, 0.4) is 0 Å². The van der Waals surface area contributed by atoms with E-state index in [2.05, 4.69) is 29.0 Å². The molecule has 166 valence electrons. The first-order valence-corrected chi connectivity index (χ1v) is 13.0. The number of likely N-dealkylation sites (tertiary alicyclic amines) is 2. The van der Waals surface area contributed by atoms with Crippen molar-refractivity contribution in [3.8, 4) is 0 Å². The Morgan fingerprint density at radius 3 is 2.37 bits per heavy atom. The second-order valence-electron chi connectivity index (χ2n) is 8.89. The average Bonchev–Trinajstić information content (AvgIpc) is 3.07. The number of ether oxygens (including phenoxy) is 1. The maximum absolute atomic E-state index is 12.8. The Hall–Kier alpha value is -1.64. The van der Waals surface area contributed by atoms with Gasteiger partial charge < -0.3 is 14.5 Å². The van der Waals surface area contributed by atoms with E-state index in [4.69, 9.17) is 4.74 Å². The lowest BCUT2D eigenvalue weighted by Gasteiger charge is -2.38. The molecule has 2 aliphatic heterocycles. The van der Waals surface area contributed by atoms with E-state index in [9.17, 15) is 13.2 Å². The van der Waals surface area contributed by atoms with E-state index in [0.717, 1.165) is 45.2 Å². The molecule has 4 rings (SSSR count). The average molecular weight is 436 g/mol. The molecular formula is C22H33N3O4S. The number of nitrogens with zero attached hydrogens (tertiary/aromatic N) is 2. The van der Waals surface area contributed by atoms with Gasteiger partial charge in [0.25, 0.3) is 0 Å². The van der Waals surface area contributed by atoms with Crippen molar-refractivity contribution in [3.63, 3.8) is 0 Å². The van der Waals surface area contributed by atoms with E-state index in [1.165, 1.54) is 11.8 Å². The number of amides is 2. The van der Waals surface area contributed by atoms with Crippen LogP contribution in [0.4, 0.5) is 4.79 Å². The molecule has 2 atom stereocenters. The van der Waals surface area contributed by atoms with Crippen LogP contribution in [-0.4, -0.2) is 74.9 Å². The van der Waals surface area contributed by atoms with Gasteiger partial charge in [-0.25, -0.2) is 17.9 Å². The fourth-order valence-corrected chi connectivity index (χ4v) is 5.75. The van der Waals surface area contributed by atoms with E-state index < -0.39 is 10.0 Å². The molecule has 0 spiro atoms. The van der Waals surface area contributed by atoms with Gasteiger partial charge in [-0.05, 0) is 50.0 Å². The third-order valence-electron chi connectivity index (χ3n) is 6.73. The molecule has 1 N–H and O–H groups in total. The van der Waals surface area contributed by atoms with Gasteiger partial charge in [0.1, 0.15) is 0 Å². The van der Waals surface area contributed by atoms with E-state index in [0.29, 0.717) is 25.5 Å². The first kappa shape index (κ1) is 21.6. The van der Waals surface area contributed by atoms with Crippen LogP contribution in [0.2, 0.25) is 0 Å².